The van der Waals surface area contributed by atoms with Gasteiger partial charge in [0.05, 0.1) is 35.5 Å². The summed E-state index contributed by atoms with van der Waals surface area (Å²) in [5.41, 5.74) is 2.73. The van der Waals surface area contributed by atoms with Gasteiger partial charge in [0.15, 0.2) is 21.3 Å². The first-order valence-electron chi connectivity index (χ1n) is 10.5. The van der Waals surface area contributed by atoms with E-state index in [4.69, 9.17) is 32.8 Å². The average molecular weight is 527 g/mol. The van der Waals surface area contributed by atoms with E-state index >= 15 is 0 Å². The van der Waals surface area contributed by atoms with E-state index in [1.54, 1.807) is 0 Å². The lowest BCUT2D eigenvalue weighted by Crippen LogP contribution is -2.62. The summed E-state index contributed by atoms with van der Waals surface area (Å²) >= 11 is 11.9. The maximum Gasteiger partial charge on any atom is 0.237 e. The molecule has 0 aliphatic carbocycles. The first-order chi connectivity index (χ1) is 15.9. The highest BCUT2D eigenvalue weighted by molar-refractivity contribution is 7.91. The Labute approximate surface area is 206 Å². The van der Waals surface area contributed by atoms with Crippen LogP contribution < -0.4 is 0 Å². The predicted molar refractivity (Wildman–Crippen MR) is 125 cm³/mol. The number of likely N-dealkylation sites (tertiary alicyclic amines) is 1. The molecular weight excluding hydrogens is 506 g/mol. The van der Waals surface area contributed by atoms with Crippen LogP contribution in [0.5, 0.6) is 0 Å². The molecule has 0 radical (unpaired) electrons. The van der Waals surface area contributed by atoms with Crippen molar-refractivity contribution in [3.8, 4) is 0 Å². The van der Waals surface area contributed by atoms with Crippen LogP contribution in [0.3, 0.4) is 0 Å². The largest absolute Gasteiger partial charge is 0.384 e. The van der Waals surface area contributed by atoms with E-state index in [1.165, 1.54) is 17.0 Å². The Bertz CT molecular complexity index is 1330. The molecule has 1 saturated heterocycles. The van der Waals surface area contributed by atoms with Crippen LogP contribution in [0.15, 0.2) is 35.5 Å². The third kappa shape index (κ3) is 3.98. The Morgan fingerprint density at radius 3 is 2.53 bits per heavy atom. The fourth-order valence-corrected chi connectivity index (χ4v) is 5.78. The van der Waals surface area contributed by atoms with Crippen molar-refractivity contribution in [1.29, 1.82) is 0 Å². The molecule has 7 nitrogen and oxygen atoms in total. The van der Waals surface area contributed by atoms with Crippen molar-refractivity contribution in [3.05, 3.63) is 68.4 Å². The third-order valence-corrected chi connectivity index (χ3v) is 7.84. The summed E-state index contributed by atoms with van der Waals surface area (Å²) < 4.78 is 42.7. The highest BCUT2D eigenvalue weighted by Crippen LogP contribution is 2.45. The predicted octanol–water partition coefficient (Wildman–Crippen LogP) is 3.78. The smallest absolute Gasteiger partial charge is 0.237 e. The normalized spacial score (nSPS) is 22.9. The van der Waals surface area contributed by atoms with Crippen LogP contribution in [0, 0.1) is 5.82 Å². The van der Waals surface area contributed by atoms with Crippen LogP contribution in [0.4, 0.5) is 4.39 Å². The second-order valence-electron chi connectivity index (χ2n) is 9.27. The van der Waals surface area contributed by atoms with Gasteiger partial charge in [-0.2, -0.15) is 0 Å². The number of hydrogen-bond acceptors (Lipinski definition) is 6. The molecule has 3 heterocycles. The minimum atomic E-state index is -3.38. The Hall–Kier alpha value is -2.20. The van der Waals surface area contributed by atoms with Gasteiger partial charge in [-0.25, -0.2) is 12.8 Å². The summed E-state index contributed by atoms with van der Waals surface area (Å²) in [4.78, 5) is 19.4. The molecule has 3 aliphatic heterocycles. The molecule has 1 amide bonds. The number of carbonyl (C=O) groups is 1. The molecule has 0 N–H and O–H groups in total. The van der Waals surface area contributed by atoms with Gasteiger partial charge in [0.1, 0.15) is 11.4 Å². The van der Waals surface area contributed by atoms with Crippen molar-refractivity contribution in [2.75, 3.05) is 25.1 Å². The summed E-state index contributed by atoms with van der Waals surface area (Å²) in [7, 11) is -3.38. The van der Waals surface area contributed by atoms with Crippen molar-refractivity contribution < 1.29 is 27.2 Å². The number of amides is 1. The number of hydrogen-bond donors (Lipinski definition) is 0. The average Bonchev–Trinajstić information content (AvgIpc) is 3.31. The number of ether oxygens (including phenoxy) is 1. The second-order valence-corrected chi connectivity index (χ2v) is 12.2. The van der Waals surface area contributed by atoms with Crippen molar-refractivity contribution in [2.24, 2.45) is 5.16 Å². The topological polar surface area (TPSA) is 85.3 Å². The van der Waals surface area contributed by atoms with Gasteiger partial charge in [0.25, 0.3) is 0 Å². The first-order valence-corrected chi connectivity index (χ1v) is 13.3. The van der Waals surface area contributed by atoms with Gasteiger partial charge in [-0.05, 0) is 41.8 Å². The molecule has 1 fully saturated rings. The molecular formula is C23H21Cl2FN2O5S. The van der Waals surface area contributed by atoms with E-state index in [-0.39, 0.29) is 10.0 Å². The van der Waals surface area contributed by atoms with Crippen LogP contribution in [-0.2, 0) is 42.0 Å². The van der Waals surface area contributed by atoms with Crippen LogP contribution in [-0.4, -0.2) is 50.0 Å². The molecule has 5 rings (SSSR count). The number of benzene rings is 2. The zero-order valence-electron chi connectivity index (χ0n) is 18.4. The highest BCUT2D eigenvalue weighted by atomic mass is 35.5. The maximum absolute atomic E-state index is 13.8. The molecule has 0 aromatic heterocycles. The Morgan fingerprint density at radius 2 is 1.88 bits per heavy atom. The molecule has 1 atom stereocenters. The minimum Gasteiger partial charge on any atom is -0.384 e. The fourth-order valence-electron chi connectivity index (χ4n) is 4.66. The van der Waals surface area contributed by atoms with E-state index in [0.29, 0.717) is 31.7 Å². The summed E-state index contributed by atoms with van der Waals surface area (Å²) in [5, 5.41) is 4.11. The second kappa shape index (κ2) is 7.91. The van der Waals surface area contributed by atoms with Crippen molar-refractivity contribution >= 4 is 44.7 Å². The van der Waals surface area contributed by atoms with Gasteiger partial charge in [0.2, 0.25) is 5.91 Å². The van der Waals surface area contributed by atoms with E-state index in [2.05, 4.69) is 5.16 Å². The first kappa shape index (κ1) is 23.5. The number of carbonyl (C=O) groups excluding carboxylic acids is 1. The van der Waals surface area contributed by atoms with Crippen LogP contribution in [0.1, 0.15) is 35.6 Å². The van der Waals surface area contributed by atoms with Gasteiger partial charge >= 0.3 is 0 Å². The summed E-state index contributed by atoms with van der Waals surface area (Å²) in [6.45, 7) is 2.86. The fraction of sp³-hybridized carbons (Fsp3) is 0.391. The standard InChI is InChI=1S/C23H21Cl2FN2O5S/c1-22(15-6-17(24)21(26)18(25)7-15)8-19(27-33-22)13-3-4-16-14(5-13)9-32-23(16)11-28(12-23)20(29)10-34(2,30)31/h3-7H,8-12H2,1-2H3/t22-/m0/s1. The zero-order chi connectivity index (χ0) is 24.5. The summed E-state index contributed by atoms with van der Waals surface area (Å²) in [6.07, 6.45) is 1.48. The lowest BCUT2D eigenvalue weighted by atomic mass is 9.83. The third-order valence-electron chi connectivity index (χ3n) is 6.52. The van der Waals surface area contributed by atoms with Crippen LogP contribution >= 0.6 is 23.2 Å². The molecule has 0 bridgehead atoms. The van der Waals surface area contributed by atoms with Gasteiger partial charge in [-0.3, -0.25) is 4.79 Å². The number of fused-ring (bicyclic) bond motifs is 2. The Morgan fingerprint density at radius 1 is 1.21 bits per heavy atom. The lowest BCUT2D eigenvalue weighted by molar-refractivity contribution is -0.166. The number of oxime groups is 1. The quantitative estimate of drug-likeness (QED) is 0.566. The van der Waals surface area contributed by atoms with E-state index < -0.39 is 38.5 Å². The summed E-state index contributed by atoms with van der Waals surface area (Å²) in [5.74, 6) is -1.59. The monoisotopic (exact) mass is 526 g/mol. The van der Waals surface area contributed by atoms with Gasteiger partial charge in [-0.15, -0.1) is 0 Å². The van der Waals surface area contributed by atoms with Gasteiger partial charge < -0.3 is 14.5 Å². The van der Waals surface area contributed by atoms with Crippen molar-refractivity contribution in [2.45, 2.75) is 31.2 Å². The number of nitrogens with zero attached hydrogens (tertiary/aromatic N) is 2. The van der Waals surface area contributed by atoms with E-state index in [1.807, 2.05) is 25.1 Å². The van der Waals surface area contributed by atoms with Gasteiger partial charge in [0, 0.05) is 18.2 Å². The molecule has 0 unspecified atom stereocenters. The van der Waals surface area contributed by atoms with E-state index in [0.717, 1.165) is 28.7 Å². The molecule has 2 aromatic carbocycles. The maximum atomic E-state index is 13.8. The Balaban J connectivity index is 1.32. The lowest BCUT2D eigenvalue weighted by Gasteiger charge is -2.47. The summed E-state index contributed by atoms with van der Waals surface area (Å²) in [6, 6.07) is 8.86. The number of halogens is 3. The zero-order valence-corrected chi connectivity index (χ0v) is 20.7. The number of rotatable bonds is 4. The minimum absolute atomic E-state index is 0.0784. The molecule has 180 valence electrons. The van der Waals surface area contributed by atoms with E-state index in [9.17, 15) is 17.6 Å². The number of sulfone groups is 1. The highest BCUT2D eigenvalue weighted by Gasteiger charge is 2.52. The Kier molecular flexibility index (Phi) is 5.48. The molecule has 2 aromatic rings. The van der Waals surface area contributed by atoms with Crippen molar-refractivity contribution in [1.82, 2.24) is 4.90 Å². The molecule has 0 saturated carbocycles. The molecule has 11 heteroatoms. The SMILES string of the molecule is C[C@@]1(c2cc(Cl)c(F)c(Cl)c2)CC(c2ccc3c(c2)COC32CN(C(=O)CS(C)(=O)=O)C2)=NO1. The van der Waals surface area contributed by atoms with Crippen LogP contribution in [0.2, 0.25) is 10.0 Å². The molecule has 34 heavy (non-hydrogen) atoms. The van der Waals surface area contributed by atoms with Gasteiger partial charge in [-0.1, -0.05) is 40.5 Å². The van der Waals surface area contributed by atoms with Crippen molar-refractivity contribution in [3.63, 3.8) is 0 Å². The molecule has 1 spiro atoms. The van der Waals surface area contributed by atoms with Crippen LogP contribution in [0.25, 0.3) is 0 Å². The molecule has 3 aliphatic rings.